The third-order valence-electron chi connectivity index (χ3n) is 3.42. The van der Waals surface area contributed by atoms with Crippen molar-refractivity contribution < 1.29 is 14.1 Å². The van der Waals surface area contributed by atoms with Crippen molar-refractivity contribution in [3.8, 4) is 0 Å². The highest BCUT2D eigenvalue weighted by Gasteiger charge is 2.23. The minimum Gasteiger partial charge on any atom is -0.390 e. The van der Waals surface area contributed by atoms with E-state index in [1.54, 1.807) is 12.1 Å². The Bertz CT molecular complexity index is 752. The Morgan fingerprint density at radius 3 is 2.52 bits per heavy atom. The largest absolute Gasteiger partial charge is 0.490 e. The molecule has 0 spiro atoms. The summed E-state index contributed by atoms with van der Waals surface area (Å²) in [5.41, 5.74) is 0.715. The van der Waals surface area contributed by atoms with Crippen LogP contribution in [0.1, 0.15) is 38.8 Å². The Hall–Kier alpha value is -2.84. The predicted molar refractivity (Wildman–Crippen MR) is 88.0 cm³/mol. The molecule has 1 heterocycles. The van der Waals surface area contributed by atoms with Crippen molar-refractivity contribution in [3.63, 3.8) is 0 Å². The average molecular weight is 349 g/mol. The first-order valence-corrected chi connectivity index (χ1v) is 7.73. The van der Waals surface area contributed by atoms with Crippen LogP contribution in [0.25, 0.3) is 0 Å². The van der Waals surface area contributed by atoms with Crippen LogP contribution in [0.5, 0.6) is 0 Å². The van der Waals surface area contributed by atoms with Gasteiger partial charge >= 0.3 is 5.95 Å². The van der Waals surface area contributed by atoms with Crippen molar-refractivity contribution in [1.82, 2.24) is 20.1 Å². The van der Waals surface area contributed by atoms with Gasteiger partial charge in [-0.2, -0.15) is 4.68 Å². The molecule has 8 nitrogen and oxygen atoms in total. The molecule has 0 bridgehead atoms. The number of hydrogen-bond acceptors (Lipinski definition) is 5. The smallest absolute Gasteiger partial charge is 0.390 e. The van der Waals surface area contributed by atoms with Gasteiger partial charge in [0.15, 0.2) is 0 Å². The fraction of sp³-hybridized carbons (Fsp3) is 0.438. The Morgan fingerprint density at radius 2 is 2.00 bits per heavy atom. The summed E-state index contributed by atoms with van der Waals surface area (Å²) in [6.07, 6.45) is 1.77. The van der Waals surface area contributed by atoms with E-state index >= 15 is 0 Å². The minimum absolute atomic E-state index is 0.0711. The highest BCUT2D eigenvalue weighted by Crippen LogP contribution is 2.29. The SMILES string of the molecule is CC(C)(C)CC(NC(=O)Cn1cnc([N+](=O)[O-])n1)c1ccc(F)cc1. The number of nitrogens with zero attached hydrogens (tertiary/aromatic N) is 4. The maximum absolute atomic E-state index is 13.1. The van der Waals surface area contributed by atoms with Crippen LogP contribution in [-0.2, 0) is 11.3 Å². The second kappa shape index (κ2) is 7.37. The van der Waals surface area contributed by atoms with Crippen LogP contribution in [-0.4, -0.2) is 25.6 Å². The first-order chi connectivity index (χ1) is 11.6. The molecule has 0 saturated heterocycles. The summed E-state index contributed by atoms with van der Waals surface area (Å²) < 4.78 is 14.2. The first kappa shape index (κ1) is 18.5. The van der Waals surface area contributed by atoms with E-state index in [9.17, 15) is 19.3 Å². The lowest BCUT2D eigenvalue weighted by molar-refractivity contribution is -0.394. The maximum atomic E-state index is 13.1. The van der Waals surface area contributed by atoms with E-state index in [1.807, 2.05) is 20.8 Å². The molecule has 0 fully saturated rings. The van der Waals surface area contributed by atoms with Gasteiger partial charge in [0.05, 0.1) is 6.04 Å². The summed E-state index contributed by atoms with van der Waals surface area (Å²) in [6, 6.07) is 5.64. The summed E-state index contributed by atoms with van der Waals surface area (Å²) in [6.45, 7) is 5.92. The molecule has 0 radical (unpaired) electrons. The molecule has 0 aliphatic rings. The second-order valence-corrected chi connectivity index (χ2v) is 6.94. The molecule has 1 N–H and O–H groups in total. The van der Waals surface area contributed by atoms with E-state index in [0.29, 0.717) is 6.42 Å². The lowest BCUT2D eigenvalue weighted by Crippen LogP contribution is -2.33. The van der Waals surface area contributed by atoms with Crippen LogP contribution in [0, 0.1) is 21.3 Å². The number of aromatic nitrogens is 3. The number of carbonyl (C=O) groups excluding carboxylic acids is 1. The van der Waals surface area contributed by atoms with Crippen molar-refractivity contribution in [2.45, 2.75) is 39.8 Å². The van der Waals surface area contributed by atoms with Gasteiger partial charge in [-0.3, -0.25) is 4.79 Å². The van der Waals surface area contributed by atoms with Crippen LogP contribution in [0.4, 0.5) is 10.3 Å². The molecule has 0 saturated carbocycles. The fourth-order valence-electron chi connectivity index (χ4n) is 2.39. The number of halogens is 1. The normalized spacial score (nSPS) is 12.6. The third kappa shape index (κ3) is 5.63. The van der Waals surface area contributed by atoms with E-state index in [-0.39, 0.29) is 29.7 Å². The van der Waals surface area contributed by atoms with Crippen LogP contribution in [0.2, 0.25) is 0 Å². The number of nitrogens with one attached hydrogen (secondary N) is 1. The van der Waals surface area contributed by atoms with Gasteiger partial charge in [0, 0.05) is 5.10 Å². The van der Waals surface area contributed by atoms with E-state index < -0.39 is 10.9 Å². The van der Waals surface area contributed by atoms with E-state index in [4.69, 9.17) is 0 Å². The zero-order chi connectivity index (χ0) is 18.6. The average Bonchev–Trinajstić information content (AvgIpc) is 2.94. The number of rotatable bonds is 6. The monoisotopic (exact) mass is 349 g/mol. The summed E-state index contributed by atoms with van der Waals surface area (Å²) in [5.74, 6) is -1.27. The molecule has 2 rings (SSSR count). The summed E-state index contributed by atoms with van der Waals surface area (Å²) in [4.78, 5) is 25.6. The quantitative estimate of drug-likeness (QED) is 0.638. The van der Waals surface area contributed by atoms with Crippen LogP contribution in [0.15, 0.2) is 30.6 Å². The molecule has 0 aliphatic carbocycles. The van der Waals surface area contributed by atoms with Crippen LogP contribution < -0.4 is 5.32 Å². The van der Waals surface area contributed by atoms with Gasteiger partial charge in [-0.1, -0.05) is 37.9 Å². The van der Waals surface area contributed by atoms with Crippen LogP contribution in [0.3, 0.4) is 0 Å². The molecule has 1 aromatic heterocycles. The summed E-state index contributed by atoms with van der Waals surface area (Å²) in [5, 5.41) is 17.1. The van der Waals surface area contributed by atoms with Gasteiger partial charge in [-0.15, -0.1) is 0 Å². The topological polar surface area (TPSA) is 103 Å². The standard InChI is InChI=1S/C16H20FN5O3/c1-16(2,3)8-13(11-4-6-12(17)7-5-11)19-14(23)9-21-10-18-15(20-21)22(24)25/h4-7,10,13H,8-9H2,1-3H3,(H,19,23). The molecule has 1 atom stereocenters. The van der Waals surface area contributed by atoms with Crippen molar-refractivity contribution >= 4 is 11.9 Å². The highest BCUT2D eigenvalue weighted by atomic mass is 19.1. The van der Waals surface area contributed by atoms with Gasteiger partial charge in [0.25, 0.3) is 0 Å². The molecule has 1 unspecified atom stereocenters. The molecule has 25 heavy (non-hydrogen) atoms. The third-order valence-corrected chi connectivity index (χ3v) is 3.42. The number of carbonyl (C=O) groups is 1. The summed E-state index contributed by atoms with van der Waals surface area (Å²) in [7, 11) is 0. The van der Waals surface area contributed by atoms with Gasteiger partial charge in [-0.05, 0) is 34.5 Å². The Kier molecular flexibility index (Phi) is 5.45. The second-order valence-electron chi connectivity index (χ2n) is 6.94. The molecule has 2 aromatic rings. The molecular weight excluding hydrogens is 329 g/mol. The van der Waals surface area contributed by atoms with Gasteiger partial charge in [-0.25, -0.2) is 4.39 Å². The van der Waals surface area contributed by atoms with Crippen LogP contribution >= 0.6 is 0 Å². The lowest BCUT2D eigenvalue weighted by Gasteiger charge is -2.27. The maximum Gasteiger partial charge on any atom is 0.490 e. The molecule has 1 aromatic carbocycles. The zero-order valence-electron chi connectivity index (χ0n) is 14.3. The van der Waals surface area contributed by atoms with E-state index in [1.165, 1.54) is 12.1 Å². The minimum atomic E-state index is -0.727. The van der Waals surface area contributed by atoms with E-state index in [0.717, 1.165) is 16.6 Å². The highest BCUT2D eigenvalue weighted by molar-refractivity contribution is 5.76. The van der Waals surface area contributed by atoms with Crippen molar-refractivity contribution in [2.75, 3.05) is 0 Å². The Labute approximate surface area is 144 Å². The van der Waals surface area contributed by atoms with Gasteiger partial charge in [0.1, 0.15) is 12.4 Å². The number of hydrogen-bond donors (Lipinski definition) is 1. The number of amides is 1. The first-order valence-electron chi connectivity index (χ1n) is 7.73. The van der Waals surface area contributed by atoms with Gasteiger partial charge in [0.2, 0.25) is 12.2 Å². The Morgan fingerprint density at radius 1 is 1.36 bits per heavy atom. The number of benzene rings is 1. The van der Waals surface area contributed by atoms with E-state index in [2.05, 4.69) is 15.4 Å². The zero-order valence-corrected chi connectivity index (χ0v) is 14.3. The molecule has 9 heteroatoms. The molecule has 1 amide bonds. The lowest BCUT2D eigenvalue weighted by atomic mass is 9.85. The number of nitro groups is 1. The molecule has 134 valence electrons. The van der Waals surface area contributed by atoms with Crippen molar-refractivity contribution in [1.29, 1.82) is 0 Å². The molecule has 0 aliphatic heterocycles. The Balaban J connectivity index is 2.10. The fourth-order valence-corrected chi connectivity index (χ4v) is 2.39. The van der Waals surface area contributed by atoms with Gasteiger partial charge < -0.3 is 15.4 Å². The van der Waals surface area contributed by atoms with Crippen molar-refractivity contribution in [3.05, 3.63) is 52.1 Å². The molecular formula is C16H20FN5O3. The predicted octanol–water partition coefficient (Wildman–Crippen LogP) is 2.62. The summed E-state index contributed by atoms with van der Waals surface area (Å²) >= 11 is 0. The van der Waals surface area contributed by atoms with Crippen molar-refractivity contribution in [2.24, 2.45) is 5.41 Å².